The Morgan fingerprint density at radius 1 is 1.30 bits per heavy atom. The van der Waals surface area contributed by atoms with Crippen molar-refractivity contribution in [2.24, 2.45) is 0 Å². The average molecular weight is 270 g/mol. The van der Waals surface area contributed by atoms with Gasteiger partial charge in [0.15, 0.2) is 0 Å². The molecule has 0 amide bonds. The van der Waals surface area contributed by atoms with Crippen LogP contribution in [-0.2, 0) is 6.54 Å². The third-order valence-electron chi connectivity index (χ3n) is 4.06. The van der Waals surface area contributed by atoms with Crippen LogP contribution in [0.2, 0.25) is 0 Å². The van der Waals surface area contributed by atoms with Crippen molar-refractivity contribution in [3.8, 4) is 0 Å². The molecule has 4 nitrogen and oxygen atoms in total. The topological polar surface area (TPSA) is 42.7 Å². The molecule has 0 unspecified atom stereocenters. The summed E-state index contributed by atoms with van der Waals surface area (Å²) in [4.78, 5) is 8.79. The first-order valence-corrected chi connectivity index (χ1v) is 7.42. The Kier molecular flexibility index (Phi) is 3.72. The molecule has 106 valence electrons. The maximum atomic E-state index is 4.64. The van der Waals surface area contributed by atoms with Crippen LogP contribution >= 0.6 is 0 Å². The summed E-state index contributed by atoms with van der Waals surface area (Å²) in [5, 5.41) is 3.61. The monoisotopic (exact) mass is 270 g/mol. The second kappa shape index (κ2) is 5.65. The molecular formula is C16H22N4. The van der Waals surface area contributed by atoms with E-state index in [9.17, 15) is 0 Å². The first-order chi connectivity index (χ1) is 9.72. The Morgan fingerprint density at radius 3 is 2.85 bits per heavy atom. The van der Waals surface area contributed by atoms with E-state index in [4.69, 9.17) is 0 Å². The largest absolute Gasteiger partial charge is 0.353 e. The molecule has 2 aromatic heterocycles. The molecule has 3 rings (SSSR count). The van der Waals surface area contributed by atoms with E-state index < -0.39 is 0 Å². The van der Waals surface area contributed by atoms with Gasteiger partial charge in [-0.3, -0.25) is 4.98 Å². The summed E-state index contributed by atoms with van der Waals surface area (Å²) in [5.74, 6) is 1.01. The summed E-state index contributed by atoms with van der Waals surface area (Å²) < 4.78 is 2.22. The lowest BCUT2D eigenvalue weighted by Gasteiger charge is -2.15. The molecule has 20 heavy (non-hydrogen) atoms. The third kappa shape index (κ3) is 2.84. The highest BCUT2D eigenvalue weighted by Gasteiger charge is 2.17. The Bertz CT molecular complexity index is 582. The SMILES string of the molecule is Cc1cn(Cc2ccncc2C)c(NC2CCCC2)n1. The van der Waals surface area contributed by atoms with E-state index in [-0.39, 0.29) is 0 Å². The highest BCUT2D eigenvalue weighted by Crippen LogP contribution is 2.22. The summed E-state index contributed by atoms with van der Waals surface area (Å²) >= 11 is 0. The van der Waals surface area contributed by atoms with Crippen molar-refractivity contribution in [2.75, 3.05) is 5.32 Å². The number of pyridine rings is 1. The Labute approximate surface area is 120 Å². The number of nitrogens with one attached hydrogen (secondary N) is 1. The fraction of sp³-hybridized carbons (Fsp3) is 0.500. The normalized spacial score (nSPS) is 15.7. The minimum atomic E-state index is 0.592. The fourth-order valence-corrected chi connectivity index (χ4v) is 2.90. The average Bonchev–Trinajstić information content (AvgIpc) is 3.03. The summed E-state index contributed by atoms with van der Waals surface area (Å²) in [6.07, 6.45) is 11.1. The van der Waals surface area contributed by atoms with Crippen LogP contribution in [-0.4, -0.2) is 20.6 Å². The maximum Gasteiger partial charge on any atom is 0.203 e. The van der Waals surface area contributed by atoms with Gasteiger partial charge >= 0.3 is 0 Å². The predicted octanol–water partition coefficient (Wildman–Crippen LogP) is 3.30. The number of imidazole rings is 1. The van der Waals surface area contributed by atoms with Gasteiger partial charge in [0.1, 0.15) is 0 Å². The molecule has 0 atom stereocenters. The van der Waals surface area contributed by atoms with Crippen molar-refractivity contribution in [1.82, 2.24) is 14.5 Å². The quantitative estimate of drug-likeness (QED) is 0.927. The molecule has 0 aliphatic heterocycles. The van der Waals surface area contributed by atoms with Gasteiger partial charge in [-0.15, -0.1) is 0 Å². The van der Waals surface area contributed by atoms with Crippen LogP contribution in [0.15, 0.2) is 24.7 Å². The maximum absolute atomic E-state index is 4.64. The second-order valence-electron chi connectivity index (χ2n) is 5.76. The summed E-state index contributed by atoms with van der Waals surface area (Å²) in [7, 11) is 0. The lowest BCUT2D eigenvalue weighted by Crippen LogP contribution is -2.18. The highest BCUT2D eigenvalue weighted by atomic mass is 15.2. The van der Waals surface area contributed by atoms with Crippen molar-refractivity contribution in [3.05, 3.63) is 41.5 Å². The Balaban J connectivity index is 1.80. The second-order valence-corrected chi connectivity index (χ2v) is 5.76. The van der Waals surface area contributed by atoms with Gasteiger partial charge < -0.3 is 9.88 Å². The number of nitrogens with zero attached hydrogens (tertiary/aromatic N) is 3. The number of anilines is 1. The first kappa shape index (κ1) is 13.2. The van der Waals surface area contributed by atoms with E-state index in [1.165, 1.54) is 36.8 Å². The fourth-order valence-electron chi connectivity index (χ4n) is 2.90. The molecule has 2 heterocycles. The Hall–Kier alpha value is -1.84. The summed E-state index contributed by atoms with van der Waals surface area (Å²) in [6, 6.07) is 2.68. The molecule has 0 saturated heterocycles. The molecule has 0 radical (unpaired) electrons. The van der Waals surface area contributed by atoms with E-state index in [2.05, 4.69) is 46.0 Å². The van der Waals surface area contributed by atoms with Gasteiger partial charge in [0, 0.05) is 24.6 Å². The molecule has 2 aromatic rings. The zero-order valence-corrected chi connectivity index (χ0v) is 12.3. The van der Waals surface area contributed by atoms with Crippen LogP contribution in [0, 0.1) is 13.8 Å². The van der Waals surface area contributed by atoms with Gasteiger partial charge in [0.2, 0.25) is 5.95 Å². The first-order valence-electron chi connectivity index (χ1n) is 7.42. The molecule has 1 N–H and O–H groups in total. The summed E-state index contributed by atoms with van der Waals surface area (Å²) in [5.41, 5.74) is 3.59. The lowest BCUT2D eigenvalue weighted by molar-refractivity contribution is 0.715. The van der Waals surface area contributed by atoms with Gasteiger partial charge in [-0.1, -0.05) is 12.8 Å². The van der Waals surface area contributed by atoms with Crippen molar-refractivity contribution in [3.63, 3.8) is 0 Å². The minimum absolute atomic E-state index is 0.592. The molecule has 1 fully saturated rings. The molecule has 4 heteroatoms. The van der Waals surface area contributed by atoms with Crippen LogP contribution in [0.4, 0.5) is 5.95 Å². The minimum Gasteiger partial charge on any atom is -0.353 e. The van der Waals surface area contributed by atoms with E-state index in [0.717, 1.165) is 18.2 Å². The van der Waals surface area contributed by atoms with Gasteiger partial charge in [-0.25, -0.2) is 4.98 Å². The zero-order valence-electron chi connectivity index (χ0n) is 12.3. The Morgan fingerprint density at radius 2 is 2.10 bits per heavy atom. The van der Waals surface area contributed by atoms with Gasteiger partial charge in [0.05, 0.1) is 12.2 Å². The number of hydrogen-bond donors (Lipinski definition) is 1. The van der Waals surface area contributed by atoms with Crippen molar-refractivity contribution in [2.45, 2.75) is 52.1 Å². The van der Waals surface area contributed by atoms with Crippen molar-refractivity contribution < 1.29 is 0 Å². The molecule has 0 bridgehead atoms. The predicted molar refractivity (Wildman–Crippen MR) is 80.9 cm³/mol. The van der Waals surface area contributed by atoms with Crippen LogP contribution in [0.1, 0.15) is 42.5 Å². The molecule has 0 aromatic carbocycles. The van der Waals surface area contributed by atoms with Crippen LogP contribution in [0.25, 0.3) is 0 Å². The smallest absolute Gasteiger partial charge is 0.203 e. The molecule has 1 saturated carbocycles. The van der Waals surface area contributed by atoms with Crippen LogP contribution < -0.4 is 5.32 Å². The number of aromatic nitrogens is 3. The zero-order chi connectivity index (χ0) is 13.9. The van der Waals surface area contributed by atoms with E-state index in [1.54, 1.807) is 0 Å². The summed E-state index contributed by atoms with van der Waals surface area (Å²) in [6.45, 7) is 5.01. The van der Waals surface area contributed by atoms with E-state index in [0.29, 0.717) is 6.04 Å². The van der Waals surface area contributed by atoms with Crippen LogP contribution in [0.5, 0.6) is 0 Å². The standard InChI is InChI=1S/C16H22N4/c1-12-9-17-8-7-14(12)11-20-10-13(2)18-16(20)19-15-5-3-4-6-15/h7-10,15H,3-6,11H2,1-2H3,(H,18,19). The third-order valence-corrected chi connectivity index (χ3v) is 4.06. The van der Waals surface area contributed by atoms with Gasteiger partial charge in [-0.05, 0) is 43.9 Å². The highest BCUT2D eigenvalue weighted by molar-refractivity contribution is 5.33. The number of aryl methyl sites for hydroxylation is 2. The van der Waals surface area contributed by atoms with Crippen LogP contribution in [0.3, 0.4) is 0 Å². The number of rotatable bonds is 4. The van der Waals surface area contributed by atoms with E-state index >= 15 is 0 Å². The van der Waals surface area contributed by atoms with Gasteiger partial charge in [-0.2, -0.15) is 0 Å². The van der Waals surface area contributed by atoms with Gasteiger partial charge in [0.25, 0.3) is 0 Å². The van der Waals surface area contributed by atoms with E-state index in [1.807, 2.05) is 12.4 Å². The lowest BCUT2D eigenvalue weighted by atomic mass is 10.1. The molecule has 1 aliphatic rings. The molecular weight excluding hydrogens is 248 g/mol. The molecule has 1 aliphatic carbocycles. The number of hydrogen-bond acceptors (Lipinski definition) is 3. The van der Waals surface area contributed by atoms with Crippen molar-refractivity contribution in [1.29, 1.82) is 0 Å². The van der Waals surface area contributed by atoms with Crippen molar-refractivity contribution >= 4 is 5.95 Å². The molecule has 0 spiro atoms.